The summed E-state index contributed by atoms with van der Waals surface area (Å²) in [7, 11) is 0. The Balaban J connectivity index is 1.19. The molecule has 3 heterocycles. The van der Waals surface area contributed by atoms with Crippen molar-refractivity contribution < 1.29 is 14.3 Å². The molecule has 2 amide bonds. The maximum Gasteiger partial charge on any atom is 0.251 e. The zero-order valence-corrected chi connectivity index (χ0v) is 23.4. The number of carbonyl (C=O) groups is 2. The van der Waals surface area contributed by atoms with E-state index in [2.05, 4.69) is 29.4 Å². The van der Waals surface area contributed by atoms with E-state index in [9.17, 15) is 9.59 Å². The van der Waals surface area contributed by atoms with Crippen LogP contribution in [0.5, 0.6) is 5.75 Å². The number of halogens is 1. The number of rotatable bonds is 8. The lowest BCUT2D eigenvalue weighted by Gasteiger charge is -2.36. The molecule has 6 rings (SSSR count). The van der Waals surface area contributed by atoms with E-state index in [4.69, 9.17) is 16.3 Å². The molecule has 8 heteroatoms. The number of nitrogens with zero attached hydrogens (tertiary/aromatic N) is 2. The van der Waals surface area contributed by atoms with Crippen molar-refractivity contribution in [3.8, 4) is 17.0 Å². The average molecular weight is 557 g/mol. The molecule has 206 valence electrons. The van der Waals surface area contributed by atoms with Crippen LogP contribution in [0, 0.1) is 5.92 Å². The minimum atomic E-state index is -0.214. The van der Waals surface area contributed by atoms with Gasteiger partial charge in [-0.05, 0) is 72.9 Å². The molecule has 2 aliphatic rings. The summed E-state index contributed by atoms with van der Waals surface area (Å²) in [5.41, 5.74) is 4.03. The standard InChI is InChI=1S/C32H33ClN4O3/c1-19(2)30(26-5-3-4-6-28(26)33)34-32(39)21-9-14-29-27(15-21)31(36-35-29)20-7-12-24(13-8-20)40-25-16-22-10-11-23(17-25)37(22)18-38/h3-9,12-15,18-19,22-23,25,30H,10-11,16-17H2,1-2H3,(H,34,39)(H,35,36). The van der Waals surface area contributed by atoms with Crippen LogP contribution >= 0.6 is 11.6 Å². The van der Waals surface area contributed by atoms with Gasteiger partial charge < -0.3 is 15.0 Å². The van der Waals surface area contributed by atoms with Crippen LogP contribution < -0.4 is 10.1 Å². The molecule has 3 atom stereocenters. The molecule has 0 saturated carbocycles. The Bertz CT molecular complexity index is 1520. The lowest BCUT2D eigenvalue weighted by Crippen LogP contribution is -2.45. The van der Waals surface area contributed by atoms with Crippen LogP contribution in [0.2, 0.25) is 5.02 Å². The summed E-state index contributed by atoms with van der Waals surface area (Å²) >= 11 is 6.45. The number of aromatic nitrogens is 2. The number of benzene rings is 3. The second kappa shape index (κ2) is 11.0. The Kier molecular flexibility index (Phi) is 7.24. The van der Waals surface area contributed by atoms with Crippen molar-refractivity contribution in [3.05, 3.63) is 82.9 Å². The van der Waals surface area contributed by atoms with Crippen molar-refractivity contribution in [1.82, 2.24) is 20.4 Å². The minimum absolute atomic E-state index is 0.118. The van der Waals surface area contributed by atoms with E-state index < -0.39 is 0 Å². The average Bonchev–Trinajstić information content (AvgIpc) is 3.49. The van der Waals surface area contributed by atoms with Crippen molar-refractivity contribution in [2.45, 2.75) is 63.8 Å². The molecule has 7 nitrogen and oxygen atoms in total. The van der Waals surface area contributed by atoms with Gasteiger partial charge >= 0.3 is 0 Å². The van der Waals surface area contributed by atoms with Crippen molar-refractivity contribution >= 4 is 34.8 Å². The van der Waals surface area contributed by atoms with Gasteiger partial charge in [-0.1, -0.05) is 43.6 Å². The Hall–Kier alpha value is -3.84. The summed E-state index contributed by atoms with van der Waals surface area (Å²) in [6.45, 7) is 4.13. The second-order valence-electron chi connectivity index (χ2n) is 11.2. The first-order valence-electron chi connectivity index (χ1n) is 13.9. The number of ether oxygens (including phenoxy) is 1. The number of fused-ring (bicyclic) bond motifs is 3. The summed E-state index contributed by atoms with van der Waals surface area (Å²) in [5.74, 6) is 0.809. The number of H-pyrrole nitrogens is 1. The largest absolute Gasteiger partial charge is 0.490 e. The molecule has 2 bridgehead atoms. The van der Waals surface area contributed by atoms with Crippen LogP contribution in [0.3, 0.4) is 0 Å². The maximum absolute atomic E-state index is 13.4. The summed E-state index contributed by atoms with van der Waals surface area (Å²) in [6.07, 6.45) is 4.99. The van der Waals surface area contributed by atoms with Gasteiger partial charge in [-0.25, -0.2) is 0 Å². The summed E-state index contributed by atoms with van der Waals surface area (Å²) in [4.78, 5) is 26.7. The highest BCUT2D eigenvalue weighted by Crippen LogP contribution is 2.37. The van der Waals surface area contributed by atoms with Crippen LogP contribution in [0.1, 0.15) is 61.5 Å². The fourth-order valence-corrected chi connectivity index (χ4v) is 6.50. The van der Waals surface area contributed by atoms with Gasteiger partial charge in [-0.15, -0.1) is 0 Å². The van der Waals surface area contributed by atoms with Crippen molar-refractivity contribution in [2.75, 3.05) is 0 Å². The van der Waals surface area contributed by atoms with Crippen LogP contribution in [-0.4, -0.2) is 45.6 Å². The molecule has 2 fully saturated rings. The normalized spacial score (nSPS) is 21.0. The van der Waals surface area contributed by atoms with Crippen LogP contribution in [0.25, 0.3) is 22.2 Å². The molecule has 0 aliphatic carbocycles. The molecule has 0 radical (unpaired) electrons. The molecule has 1 aromatic heterocycles. The quantitative estimate of drug-likeness (QED) is 0.241. The predicted molar refractivity (Wildman–Crippen MR) is 156 cm³/mol. The van der Waals surface area contributed by atoms with Gasteiger partial charge in [0.05, 0.1) is 17.3 Å². The Morgan fingerprint density at radius 3 is 2.48 bits per heavy atom. The van der Waals surface area contributed by atoms with Gasteiger partial charge in [0.15, 0.2) is 0 Å². The van der Waals surface area contributed by atoms with Gasteiger partial charge in [0.1, 0.15) is 11.9 Å². The number of nitrogens with one attached hydrogen (secondary N) is 2. The molecular weight excluding hydrogens is 524 g/mol. The molecule has 40 heavy (non-hydrogen) atoms. The number of piperidine rings is 1. The SMILES string of the molecule is CC(C)C(NC(=O)c1ccc2[nH]nc(-c3ccc(OC4CC5CCC(C4)N5C=O)cc3)c2c1)c1ccccc1Cl. The third-order valence-corrected chi connectivity index (χ3v) is 8.66. The van der Waals surface area contributed by atoms with E-state index in [-0.39, 0.29) is 24.0 Å². The zero-order chi connectivity index (χ0) is 27.8. The molecule has 2 aliphatic heterocycles. The Labute approximate surface area is 238 Å². The first-order chi connectivity index (χ1) is 19.4. The maximum atomic E-state index is 13.4. The van der Waals surface area contributed by atoms with Gasteiger partial charge in [0.2, 0.25) is 6.41 Å². The number of aromatic amines is 1. The Morgan fingerprint density at radius 2 is 1.80 bits per heavy atom. The topological polar surface area (TPSA) is 87.3 Å². The van der Waals surface area contributed by atoms with E-state index in [0.29, 0.717) is 22.7 Å². The van der Waals surface area contributed by atoms with E-state index in [0.717, 1.165) is 65.6 Å². The first kappa shape index (κ1) is 26.4. The second-order valence-corrected chi connectivity index (χ2v) is 11.6. The monoisotopic (exact) mass is 556 g/mol. The fraction of sp³-hybridized carbons (Fsp3) is 0.344. The third-order valence-electron chi connectivity index (χ3n) is 8.32. The first-order valence-corrected chi connectivity index (χ1v) is 14.3. The molecule has 2 N–H and O–H groups in total. The van der Waals surface area contributed by atoms with Crippen LogP contribution in [0.15, 0.2) is 66.7 Å². The number of hydrogen-bond acceptors (Lipinski definition) is 4. The molecule has 3 unspecified atom stereocenters. The van der Waals surface area contributed by atoms with Crippen molar-refractivity contribution in [1.29, 1.82) is 0 Å². The highest BCUT2D eigenvalue weighted by atomic mass is 35.5. The van der Waals surface area contributed by atoms with Gasteiger partial charge in [-0.2, -0.15) is 5.10 Å². The zero-order valence-electron chi connectivity index (χ0n) is 22.6. The molecule has 0 spiro atoms. The van der Waals surface area contributed by atoms with E-state index in [1.54, 1.807) is 0 Å². The van der Waals surface area contributed by atoms with Gasteiger partial charge in [-0.3, -0.25) is 14.7 Å². The molecule has 3 aromatic carbocycles. The fourth-order valence-electron chi connectivity index (χ4n) is 6.25. The molecule has 4 aromatic rings. The molecule has 2 saturated heterocycles. The lowest BCUT2D eigenvalue weighted by molar-refractivity contribution is -0.123. The van der Waals surface area contributed by atoms with Crippen molar-refractivity contribution in [2.24, 2.45) is 5.92 Å². The van der Waals surface area contributed by atoms with Gasteiger partial charge in [0.25, 0.3) is 5.91 Å². The highest BCUT2D eigenvalue weighted by Gasteiger charge is 2.40. The number of carbonyl (C=O) groups excluding carboxylic acids is 2. The smallest absolute Gasteiger partial charge is 0.251 e. The summed E-state index contributed by atoms with van der Waals surface area (Å²) < 4.78 is 6.31. The number of amides is 2. The van der Waals surface area contributed by atoms with Gasteiger partial charge in [0, 0.05) is 46.5 Å². The highest BCUT2D eigenvalue weighted by molar-refractivity contribution is 6.31. The molecular formula is C32H33ClN4O3. The summed E-state index contributed by atoms with van der Waals surface area (Å²) in [6, 6.07) is 21.5. The van der Waals surface area contributed by atoms with E-state index in [1.165, 1.54) is 0 Å². The minimum Gasteiger partial charge on any atom is -0.490 e. The van der Waals surface area contributed by atoms with E-state index in [1.807, 2.05) is 71.6 Å². The lowest BCUT2D eigenvalue weighted by atomic mass is 9.95. The summed E-state index contributed by atoms with van der Waals surface area (Å²) in [5, 5.41) is 12.3. The van der Waals surface area contributed by atoms with Crippen LogP contribution in [-0.2, 0) is 4.79 Å². The predicted octanol–water partition coefficient (Wildman–Crippen LogP) is 6.54. The number of hydrogen-bond donors (Lipinski definition) is 2. The Morgan fingerprint density at radius 1 is 1.07 bits per heavy atom. The van der Waals surface area contributed by atoms with Crippen LogP contribution in [0.4, 0.5) is 0 Å². The third kappa shape index (κ3) is 5.06. The van der Waals surface area contributed by atoms with E-state index >= 15 is 0 Å². The van der Waals surface area contributed by atoms with Crippen molar-refractivity contribution in [3.63, 3.8) is 0 Å².